The molecule has 0 saturated heterocycles. The lowest BCUT2D eigenvalue weighted by Crippen LogP contribution is -2.02. The molecule has 2 rings (SSSR count). The van der Waals surface area contributed by atoms with E-state index in [-0.39, 0.29) is 27.1 Å². The molecule has 0 aliphatic carbocycles. The number of benzene rings is 2. The molecule has 21 heavy (non-hydrogen) atoms. The maximum Gasteiger partial charge on any atom is 0.339 e. The zero-order valence-electron chi connectivity index (χ0n) is 10.2. The van der Waals surface area contributed by atoms with Crippen molar-refractivity contribution in [2.24, 2.45) is 0 Å². The molecule has 0 atom stereocenters. The summed E-state index contributed by atoms with van der Waals surface area (Å²) in [6, 6.07) is 8.08. The highest BCUT2D eigenvalue weighted by atomic mass is 35.5. The van der Waals surface area contributed by atoms with E-state index in [4.69, 9.17) is 33.0 Å². The van der Waals surface area contributed by atoms with E-state index < -0.39 is 16.6 Å². The summed E-state index contributed by atoms with van der Waals surface area (Å²) >= 11 is 11.8. The standard InChI is InChI=1S/C13H7Cl2NO5/c14-8-4-1-3-7(13(17)18)11(8)21-12-9(15)5-2-6-10(12)16(19)20/h1-6H,(H,17,18). The molecule has 0 amide bonds. The molecule has 0 saturated carbocycles. The molecule has 0 heterocycles. The maximum atomic E-state index is 11.2. The van der Waals surface area contributed by atoms with Crippen LogP contribution in [0, 0.1) is 10.1 Å². The monoisotopic (exact) mass is 327 g/mol. The minimum absolute atomic E-state index is 0.00381. The lowest BCUT2D eigenvalue weighted by molar-refractivity contribution is -0.385. The first kappa shape index (κ1) is 15.1. The second-order valence-electron chi connectivity index (χ2n) is 3.87. The van der Waals surface area contributed by atoms with Crippen LogP contribution in [0.15, 0.2) is 36.4 Å². The molecule has 0 aliphatic rings. The van der Waals surface area contributed by atoms with Crippen molar-refractivity contribution in [2.75, 3.05) is 0 Å². The molecule has 108 valence electrons. The molecular weight excluding hydrogens is 321 g/mol. The van der Waals surface area contributed by atoms with Gasteiger partial charge in [0.1, 0.15) is 5.56 Å². The van der Waals surface area contributed by atoms with Crippen LogP contribution in [0.3, 0.4) is 0 Å². The summed E-state index contributed by atoms with van der Waals surface area (Å²) in [6.07, 6.45) is 0. The van der Waals surface area contributed by atoms with Gasteiger partial charge in [-0.25, -0.2) is 4.79 Å². The van der Waals surface area contributed by atoms with E-state index in [1.807, 2.05) is 0 Å². The largest absolute Gasteiger partial charge is 0.478 e. The van der Waals surface area contributed by atoms with Crippen LogP contribution in [0.4, 0.5) is 5.69 Å². The number of nitrogens with zero attached hydrogens (tertiary/aromatic N) is 1. The third-order valence-electron chi connectivity index (χ3n) is 2.54. The number of carbonyl (C=O) groups is 1. The van der Waals surface area contributed by atoms with Gasteiger partial charge in [0.2, 0.25) is 5.75 Å². The average Bonchev–Trinajstić information content (AvgIpc) is 2.42. The molecular formula is C13H7Cl2NO5. The Kier molecular flexibility index (Phi) is 4.30. The van der Waals surface area contributed by atoms with Gasteiger partial charge in [-0.1, -0.05) is 35.3 Å². The van der Waals surface area contributed by atoms with E-state index in [2.05, 4.69) is 0 Å². The molecule has 8 heteroatoms. The Balaban J connectivity index is 2.59. The second kappa shape index (κ2) is 5.99. The molecule has 6 nitrogen and oxygen atoms in total. The SMILES string of the molecule is O=C(O)c1cccc(Cl)c1Oc1c(Cl)cccc1[N+](=O)[O-]. The van der Waals surface area contributed by atoms with Crippen molar-refractivity contribution < 1.29 is 19.6 Å². The minimum Gasteiger partial charge on any atom is -0.478 e. The summed E-state index contributed by atoms with van der Waals surface area (Å²) in [5.41, 5.74) is -0.615. The number of nitro groups is 1. The molecule has 2 aromatic carbocycles. The predicted octanol–water partition coefficient (Wildman–Crippen LogP) is 4.39. The number of rotatable bonds is 4. The van der Waals surface area contributed by atoms with Gasteiger partial charge in [0, 0.05) is 6.07 Å². The number of carboxylic acid groups (broad SMARTS) is 1. The Morgan fingerprint density at radius 2 is 1.67 bits per heavy atom. The van der Waals surface area contributed by atoms with Crippen LogP contribution in [-0.4, -0.2) is 16.0 Å². The number of nitro benzene ring substituents is 1. The first-order valence-corrected chi connectivity index (χ1v) is 6.30. The van der Waals surface area contributed by atoms with Gasteiger partial charge in [0.25, 0.3) is 0 Å². The number of hydrogen-bond acceptors (Lipinski definition) is 4. The molecule has 0 fully saturated rings. The molecule has 1 N–H and O–H groups in total. The van der Waals surface area contributed by atoms with Crippen molar-refractivity contribution in [1.82, 2.24) is 0 Å². The number of para-hydroxylation sites is 2. The average molecular weight is 328 g/mol. The number of halogens is 2. The predicted molar refractivity (Wildman–Crippen MR) is 76.6 cm³/mol. The smallest absolute Gasteiger partial charge is 0.339 e. The lowest BCUT2D eigenvalue weighted by Gasteiger charge is -2.11. The van der Waals surface area contributed by atoms with Gasteiger partial charge in [0.15, 0.2) is 5.75 Å². The summed E-state index contributed by atoms with van der Waals surface area (Å²) in [7, 11) is 0. The fraction of sp³-hybridized carbons (Fsp3) is 0. The van der Waals surface area contributed by atoms with E-state index in [1.54, 1.807) is 0 Å². The van der Waals surface area contributed by atoms with Crippen molar-refractivity contribution in [3.05, 3.63) is 62.1 Å². The van der Waals surface area contributed by atoms with Crippen LogP contribution in [0.2, 0.25) is 10.0 Å². The zero-order chi connectivity index (χ0) is 15.6. The van der Waals surface area contributed by atoms with Crippen molar-refractivity contribution in [3.8, 4) is 11.5 Å². The van der Waals surface area contributed by atoms with E-state index in [0.29, 0.717) is 0 Å². The van der Waals surface area contributed by atoms with Crippen LogP contribution in [0.1, 0.15) is 10.4 Å². The van der Waals surface area contributed by atoms with Crippen LogP contribution >= 0.6 is 23.2 Å². The molecule has 0 radical (unpaired) electrons. The van der Waals surface area contributed by atoms with Crippen molar-refractivity contribution >= 4 is 34.9 Å². The first-order chi connectivity index (χ1) is 9.91. The van der Waals surface area contributed by atoms with Crippen LogP contribution in [0.5, 0.6) is 11.5 Å². The Morgan fingerprint density at radius 1 is 1.10 bits per heavy atom. The number of ether oxygens (including phenoxy) is 1. The topological polar surface area (TPSA) is 89.7 Å². The Hall–Kier alpha value is -2.31. The second-order valence-corrected chi connectivity index (χ2v) is 4.68. The Morgan fingerprint density at radius 3 is 2.24 bits per heavy atom. The van der Waals surface area contributed by atoms with Crippen LogP contribution < -0.4 is 4.74 Å². The summed E-state index contributed by atoms with van der Waals surface area (Å²) in [5.74, 6) is -1.75. The highest BCUT2D eigenvalue weighted by molar-refractivity contribution is 6.33. The molecule has 0 bridgehead atoms. The molecule has 0 aliphatic heterocycles. The number of aromatic carboxylic acids is 1. The van der Waals surface area contributed by atoms with Gasteiger partial charge in [-0.3, -0.25) is 10.1 Å². The van der Waals surface area contributed by atoms with Gasteiger partial charge in [-0.15, -0.1) is 0 Å². The Labute approximate surface area is 128 Å². The van der Waals surface area contributed by atoms with E-state index in [0.717, 1.165) is 0 Å². The third kappa shape index (κ3) is 3.07. The molecule has 0 unspecified atom stereocenters. The quantitative estimate of drug-likeness (QED) is 0.664. The lowest BCUT2D eigenvalue weighted by atomic mass is 10.2. The van der Waals surface area contributed by atoms with Crippen LogP contribution in [-0.2, 0) is 0 Å². The van der Waals surface area contributed by atoms with E-state index >= 15 is 0 Å². The van der Waals surface area contributed by atoms with Gasteiger partial charge in [-0.2, -0.15) is 0 Å². The number of carboxylic acids is 1. The minimum atomic E-state index is -1.28. The van der Waals surface area contributed by atoms with Crippen molar-refractivity contribution in [1.29, 1.82) is 0 Å². The third-order valence-corrected chi connectivity index (χ3v) is 3.14. The van der Waals surface area contributed by atoms with Crippen LogP contribution in [0.25, 0.3) is 0 Å². The normalized spacial score (nSPS) is 10.2. The Bertz CT molecular complexity index is 671. The summed E-state index contributed by atoms with van der Waals surface area (Å²) in [5, 5.41) is 20.1. The van der Waals surface area contributed by atoms with E-state index in [1.165, 1.54) is 36.4 Å². The van der Waals surface area contributed by atoms with Gasteiger partial charge in [0.05, 0.1) is 15.0 Å². The fourth-order valence-corrected chi connectivity index (χ4v) is 2.05. The molecule has 2 aromatic rings. The maximum absolute atomic E-state index is 11.2. The zero-order valence-corrected chi connectivity index (χ0v) is 11.8. The first-order valence-electron chi connectivity index (χ1n) is 5.54. The van der Waals surface area contributed by atoms with Gasteiger partial charge in [-0.05, 0) is 18.2 Å². The molecule has 0 spiro atoms. The van der Waals surface area contributed by atoms with Crippen molar-refractivity contribution in [3.63, 3.8) is 0 Å². The van der Waals surface area contributed by atoms with Gasteiger partial charge >= 0.3 is 11.7 Å². The van der Waals surface area contributed by atoms with Crippen molar-refractivity contribution in [2.45, 2.75) is 0 Å². The summed E-state index contributed by atoms with van der Waals surface area (Å²) < 4.78 is 5.34. The number of hydrogen-bond donors (Lipinski definition) is 1. The summed E-state index contributed by atoms with van der Waals surface area (Å²) in [4.78, 5) is 21.5. The molecule has 0 aromatic heterocycles. The summed E-state index contributed by atoms with van der Waals surface area (Å²) in [6.45, 7) is 0. The highest BCUT2D eigenvalue weighted by Crippen LogP contribution is 2.41. The highest BCUT2D eigenvalue weighted by Gasteiger charge is 2.23. The van der Waals surface area contributed by atoms with E-state index in [9.17, 15) is 14.9 Å². The van der Waals surface area contributed by atoms with Gasteiger partial charge < -0.3 is 9.84 Å². The fourth-order valence-electron chi connectivity index (χ4n) is 1.63.